The van der Waals surface area contributed by atoms with Crippen LogP contribution in [0.25, 0.3) is 11.5 Å². The van der Waals surface area contributed by atoms with Crippen molar-refractivity contribution in [3.63, 3.8) is 0 Å². The number of hydrogen-bond donors (Lipinski definition) is 1. The average Bonchev–Trinajstić information content (AvgIpc) is 2.75. The minimum atomic E-state index is 0.248. The number of aromatic nitrogens is 5. The van der Waals surface area contributed by atoms with Gasteiger partial charge in [-0.3, -0.25) is 4.57 Å². The van der Waals surface area contributed by atoms with E-state index in [-0.39, 0.29) is 6.01 Å². The Morgan fingerprint density at radius 2 is 2.05 bits per heavy atom. The van der Waals surface area contributed by atoms with Gasteiger partial charge >= 0.3 is 6.01 Å². The van der Waals surface area contributed by atoms with Crippen molar-refractivity contribution in [2.45, 2.75) is 19.4 Å². The van der Waals surface area contributed by atoms with Crippen molar-refractivity contribution in [2.24, 2.45) is 0 Å². The van der Waals surface area contributed by atoms with Gasteiger partial charge in [-0.05, 0) is 12.8 Å². The lowest BCUT2D eigenvalue weighted by atomic mass is 10.3. The fourth-order valence-corrected chi connectivity index (χ4v) is 2.14. The molecule has 1 aliphatic heterocycles. The predicted octanol–water partition coefficient (Wildman–Crippen LogP) is 0.958. The summed E-state index contributed by atoms with van der Waals surface area (Å²) in [6.07, 6.45) is 2.18. The molecule has 0 aliphatic carbocycles. The summed E-state index contributed by atoms with van der Waals surface area (Å²) in [7, 11) is 3.07. The van der Waals surface area contributed by atoms with Gasteiger partial charge in [-0.25, -0.2) is 0 Å². The third-order valence-electron chi connectivity index (χ3n) is 3.15. The highest BCUT2D eigenvalue weighted by Gasteiger charge is 2.18. The molecule has 3 rings (SSSR count). The van der Waals surface area contributed by atoms with E-state index in [1.165, 1.54) is 7.11 Å². The maximum atomic E-state index is 5.16. The van der Waals surface area contributed by atoms with Crippen LogP contribution in [-0.2, 0) is 6.54 Å². The van der Waals surface area contributed by atoms with Gasteiger partial charge < -0.3 is 14.8 Å². The molecule has 0 spiro atoms. The van der Waals surface area contributed by atoms with Gasteiger partial charge in [0.2, 0.25) is 11.8 Å². The monoisotopic (exact) mass is 276 g/mol. The predicted molar refractivity (Wildman–Crippen MR) is 71.9 cm³/mol. The summed E-state index contributed by atoms with van der Waals surface area (Å²) < 4.78 is 12.3. The van der Waals surface area contributed by atoms with Crippen LogP contribution in [0.4, 0.5) is 5.95 Å². The smallest absolute Gasteiger partial charge is 0.320 e. The molecule has 106 valence electrons. The van der Waals surface area contributed by atoms with Crippen molar-refractivity contribution in [3.05, 3.63) is 6.07 Å². The molecule has 0 aromatic carbocycles. The van der Waals surface area contributed by atoms with Gasteiger partial charge in [0.25, 0.3) is 0 Å². The topological polar surface area (TPSA) is 87.0 Å². The normalized spacial score (nSPS) is 14.1. The molecule has 0 unspecified atom stereocenters. The molecule has 0 amide bonds. The van der Waals surface area contributed by atoms with Gasteiger partial charge in [0.05, 0.1) is 14.2 Å². The van der Waals surface area contributed by atoms with Crippen LogP contribution in [0.2, 0.25) is 0 Å². The van der Waals surface area contributed by atoms with Gasteiger partial charge in [-0.1, -0.05) is 0 Å². The minimum absolute atomic E-state index is 0.248. The Bertz CT molecular complexity index is 590. The Labute approximate surface area is 116 Å². The summed E-state index contributed by atoms with van der Waals surface area (Å²) in [6, 6.07) is 1.98. The summed E-state index contributed by atoms with van der Waals surface area (Å²) in [5.74, 6) is 1.90. The third kappa shape index (κ3) is 2.24. The minimum Gasteiger partial charge on any atom is -0.481 e. The third-order valence-corrected chi connectivity index (χ3v) is 3.15. The Morgan fingerprint density at radius 3 is 2.85 bits per heavy atom. The number of rotatable bonds is 3. The summed E-state index contributed by atoms with van der Waals surface area (Å²) in [6.45, 7) is 1.77. The Hall–Kier alpha value is -2.38. The molecule has 3 heterocycles. The van der Waals surface area contributed by atoms with Crippen LogP contribution in [0, 0.1) is 0 Å². The molecule has 2 aromatic rings. The standard InChI is InChI=1S/C12H16N6O2/c1-19-9-7-8(14-12(15-9)20-2)10-16-17-11-13-5-3-4-6-18(10)11/h7H,3-6H2,1-2H3,(H,13,17). The molecule has 8 heteroatoms. The Balaban J connectivity index is 2.06. The van der Waals surface area contributed by atoms with Crippen LogP contribution in [-0.4, -0.2) is 45.5 Å². The zero-order valence-electron chi connectivity index (χ0n) is 11.5. The van der Waals surface area contributed by atoms with Crippen LogP contribution >= 0.6 is 0 Å². The molecular weight excluding hydrogens is 260 g/mol. The van der Waals surface area contributed by atoms with E-state index in [0.717, 1.165) is 31.9 Å². The van der Waals surface area contributed by atoms with E-state index in [1.54, 1.807) is 13.2 Å². The fraction of sp³-hybridized carbons (Fsp3) is 0.500. The molecule has 0 fully saturated rings. The lowest BCUT2D eigenvalue weighted by molar-refractivity contribution is 0.352. The van der Waals surface area contributed by atoms with E-state index in [4.69, 9.17) is 9.47 Å². The van der Waals surface area contributed by atoms with Crippen LogP contribution < -0.4 is 14.8 Å². The largest absolute Gasteiger partial charge is 0.481 e. The van der Waals surface area contributed by atoms with Crippen molar-refractivity contribution in [3.8, 4) is 23.4 Å². The number of methoxy groups -OCH3 is 2. The number of nitrogens with one attached hydrogen (secondary N) is 1. The highest BCUT2D eigenvalue weighted by molar-refractivity contribution is 5.54. The van der Waals surface area contributed by atoms with Gasteiger partial charge in [0, 0.05) is 19.2 Å². The van der Waals surface area contributed by atoms with Crippen molar-refractivity contribution in [1.29, 1.82) is 0 Å². The quantitative estimate of drug-likeness (QED) is 0.893. The molecule has 20 heavy (non-hydrogen) atoms. The number of ether oxygens (including phenoxy) is 2. The van der Waals surface area contributed by atoms with Crippen molar-refractivity contribution >= 4 is 5.95 Å². The van der Waals surface area contributed by atoms with Crippen molar-refractivity contribution < 1.29 is 9.47 Å². The van der Waals surface area contributed by atoms with Crippen LogP contribution in [0.15, 0.2) is 6.07 Å². The van der Waals surface area contributed by atoms with Gasteiger partial charge in [-0.2, -0.15) is 9.97 Å². The number of nitrogens with zero attached hydrogens (tertiary/aromatic N) is 5. The van der Waals surface area contributed by atoms with Crippen LogP contribution in [0.1, 0.15) is 12.8 Å². The Kier molecular flexibility index (Phi) is 3.36. The number of anilines is 1. The van der Waals surface area contributed by atoms with Gasteiger partial charge in [-0.15, -0.1) is 10.2 Å². The number of fused-ring (bicyclic) bond motifs is 1. The van der Waals surface area contributed by atoms with Crippen LogP contribution in [0.3, 0.4) is 0 Å². The molecule has 0 saturated heterocycles. The first-order valence-electron chi connectivity index (χ1n) is 6.46. The molecule has 0 bridgehead atoms. The lowest BCUT2D eigenvalue weighted by Gasteiger charge is -2.08. The molecule has 0 atom stereocenters. The van der Waals surface area contributed by atoms with E-state index in [2.05, 4.69) is 25.5 Å². The second-order valence-electron chi connectivity index (χ2n) is 4.41. The fourth-order valence-electron chi connectivity index (χ4n) is 2.14. The van der Waals surface area contributed by atoms with Gasteiger partial charge in [0.1, 0.15) is 5.69 Å². The van der Waals surface area contributed by atoms with Crippen molar-refractivity contribution in [1.82, 2.24) is 24.7 Å². The first-order chi connectivity index (χ1) is 9.81. The van der Waals surface area contributed by atoms with Gasteiger partial charge in [0.15, 0.2) is 5.82 Å². The molecular formula is C12H16N6O2. The average molecular weight is 276 g/mol. The lowest BCUT2D eigenvalue weighted by Crippen LogP contribution is -2.05. The maximum Gasteiger partial charge on any atom is 0.320 e. The van der Waals surface area contributed by atoms with Crippen molar-refractivity contribution in [2.75, 3.05) is 26.1 Å². The second kappa shape index (κ2) is 5.32. The van der Waals surface area contributed by atoms with E-state index in [0.29, 0.717) is 17.4 Å². The first kappa shape index (κ1) is 12.6. The molecule has 1 aliphatic rings. The highest BCUT2D eigenvalue weighted by Crippen LogP contribution is 2.25. The van der Waals surface area contributed by atoms with E-state index >= 15 is 0 Å². The Morgan fingerprint density at radius 1 is 1.15 bits per heavy atom. The SMILES string of the molecule is COc1cc(-c2nnc3n2CCCCN3)nc(OC)n1. The van der Waals surface area contributed by atoms with E-state index in [1.807, 2.05) is 4.57 Å². The zero-order chi connectivity index (χ0) is 13.9. The molecule has 0 saturated carbocycles. The maximum absolute atomic E-state index is 5.16. The molecule has 2 aromatic heterocycles. The molecule has 8 nitrogen and oxygen atoms in total. The van der Waals surface area contributed by atoms with E-state index < -0.39 is 0 Å². The van der Waals surface area contributed by atoms with E-state index in [9.17, 15) is 0 Å². The summed E-state index contributed by atoms with van der Waals surface area (Å²) in [5.41, 5.74) is 0.635. The molecule has 0 radical (unpaired) electrons. The number of hydrogen-bond acceptors (Lipinski definition) is 7. The highest BCUT2D eigenvalue weighted by atomic mass is 16.5. The molecule has 1 N–H and O–H groups in total. The second-order valence-corrected chi connectivity index (χ2v) is 4.41. The summed E-state index contributed by atoms with van der Waals surface area (Å²) >= 11 is 0. The zero-order valence-corrected chi connectivity index (χ0v) is 11.5. The first-order valence-corrected chi connectivity index (χ1v) is 6.46. The summed E-state index contributed by atoms with van der Waals surface area (Å²) in [4.78, 5) is 8.40. The summed E-state index contributed by atoms with van der Waals surface area (Å²) in [5, 5.41) is 11.6. The van der Waals surface area contributed by atoms with Crippen LogP contribution in [0.5, 0.6) is 11.9 Å².